The first-order valence-corrected chi connectivity index (χ1v) is 4.48. The Balaban J connectivity index is 2.09. The Bertz CT molecular complexity index is 239. The third-order valence-corrected chi connectivity index (χ3v) is 2.73. The van der Waals surface area contributed by atoms with E-state index in [1.54, 1.807) is 0 Å². The SMILES string of the molecule is N#CC1C(=O)CCN[C@H]1C1CC1. The molecule has 0 spiro atoms. The lowest BCUT2D eigenvalue weighted by atomic mass is 9.88. The van der Waals surface area contributed by atoms with Gasteiger partial charge >= 0.3 is 0 Å². The van der Waals surface area contributed by atoms with Gasteiger partial charge in [0.1, 0.15) is 5.92 Å². The van der Waals surface area contributed by atoms with Gasteiger partial charge in [0.05, 0.1) is 6.07 Å². The molecule has 1 N–H and O–H groups in total. The molecular formula is C9H12N2O. The van der Waals surface area contributed by atoms with E-state index in [-0.39, 0.29) is 17.7 Å². The summed E-state index contributed by atoms with van der Waals surface area (Å²) >= 11 is 0. The number of rotatable bonds is 1. The van der Waals surface area contributed by atoms with Gasteiger partial charge < -0.3 is 5.32 Å². The zero-order valence-corrected chi connectivity index (χ0v) is 6.92. The van der Waals surface area contributed by atoms with Gasteiger partial charge in [-0.05, 0) is 18.8 Å². The van der Waals surface area contributed by atoms with Crippen molar-refractivity contribution in [3.05, 3.63) is 0 Å². The molecule has 0 radical (unpaired) electrons. The minimum Gasteiger partial charge on any atom is -0.311 e. The van der Waals surface area contributed by atoms with Crippen molar-refractivity contribution in [2.45, 2.75) is 25.3 Å². The number of nitriles is 1. The van der Waals surface area contributed by atoms with Gasteiger partial charge in [0.2, 0.25) is 0 Å². The Labute approximate surface area is 71.8 Å². The van der Waals surface area contributed by atoms with Crippen LogP contribution < -0.4 is 5.32 Å². The van der Waals surface area contributed by atoms with E-state index in [0.717, 1.165) is 6.54 Å². The van der Waals surface area contributed by atoms with Crippen LogP contribution in [0.5, 0.6) is 0 Å². The van der Waals surface area contributed by atoms with Gasteiger partial charge in [0.15, 0.2) is 5.78 Å². The lowest BCUT2D eigenvalue weighted by molar-refractivity contribution is -0.123. The molecule has 0 aromatic carbocycles. The Morgan fingerprint density at radius 2 is 2.25 bits per heavy atom. The maximum Gasteiger partial charge on any atom is 0.152 e. The third-order valence-electron chi connectivity index (χ3n) is 2.73. The molecule has 2 atom stereocenters. The average Bonchev–Trinajstić information content (AvgIpc) is 2.86. The van der Waals surface area contributed by atoms with Crippen molar-refractivity contribution in [2.24, 2.45) is 11.8 Å². The molecule has 1 aliphatic heterocycles. The van der Waals surface area contributed by atoms with E-state index in [2.05, 4.69) is 11.4 Å². The number of hydrogen-bond donors (Lipinski definition) is 1. The molecule has 0 aromatic heterocycles. The molecule has 1 saturated carbocycles. The number of nitrogens with zero attached hydrogens (tertiary/aromatic N) is 1. The molecule has 0 bridgehead atoms. The molecule has 0 amide bonds. The number of nitrogens with one attached hydrogen (secondary N) is 1. The van der Waals surface area contributed by atoms with Crippen molar-refractivity contribution in [1.29, 1.82) is 5.26 Å². The summed E-state index contributed by atoms with van der Waals surface area (Å²) in [4.78, 5) is 11.3. The molecule has 1 saturated heterocycles. The van der Waals surface area contributed by atoms with E-state index in [0.29, 0.717) is 12.3 Å². The average molecular weight is 164 g/mol. The predicted octanol–water partition coefficient (Wildman–Crippen LogP) is 0.467. The Morgan fingerprint density at radius 1 is 1.50 bits per heavy atom. The number of carbonyl (C=O) groups is 1. The standard InChI is InChI=1S/C9H12N2O/c10-5-7-8(12)3-4-11-9(7)6-1-2-6/h6-7,9,11H,1-4H2/t7?,9-/m0/s1. The molecule has 1 aliphatic carbocycles. The van der Waals surface area contributed by atoms with E-state index in [4.69, 9.17) is 5.26 Å². The van der Waals surface area contributed by atoms with Gasteiger partial charge in [0, 0.05) is 19.0 Å². The van der Waals surface area contributed by atoms with Gasteiger partial charge in [-0.1, -0.05) is 0 Å². The summed E-state index contributed by atoms with van der Waals surface area (Å²) in [6.07, 6.45) is 2.90. The van der Waals surface area contributed by atoms with Gasteiger partial charge in [-0.25, -0.2) is 0 Å². The number of ketones is 1. The van der Waals surface area contributed by atoms with Crippen LogP contribution in [0.15, 0.2) is 0 Å². The van der Waals surface area contributed by atoms with Crippen LogP contribution >= 0.6 is 0 Å². The second-order valence-corrected chi connectivity index (χ2v) is 3.64. The highest BCUT2D eigenvalue weighted by Gasteiger charge is 2.41. The fourth-order valence-corrected chi connectivity index (χ4v) is 1.88. The molecule has 12 heavy (non-hydrogen) atoms. The summed E-state index contributed by atoms with van der Waals surface area (Å²) in [5.41, 5.74) is 0. The predicted molar refractivity (Wildman–Crippen MR) is 43.2 cm³/mol. The summed E-state index contributed by atoms with van der Waals surface area (Å²) in [5, 5.41) is 12.1. The molecule has 2 aliphatic rings. The third kappa shape index (κ3) is 1.23. The molecule has 0 aromatic rings. The van der Waals surface area contributed by atoms with E-state index >= 15 is 0 Å². The van der Waals surface area contributed by atoms with E-state index < -0.39 is 0 Å². The highest BCUT2D eigenvalue weighted by molar-refractivity contribution is 5.85. The Morgan fingerprint density at radius 3 is 2.83 bits per heavy atom. The molecule has 64 valence electrons. The quantitative estimate of drug-likeness (QED) is 0.612. The molecule has 1 heterocycles. The van der Waals surface area contributed by atoms with Crippen LogP contribution in [0.2, 0.25) is 0 Å². The largest absolute Gasteiger partial charge is 0.311 e. The van der Waals surface area contributed by atoms with Crippen molar-refractivity contribution < 1.29 is 4.79 Å². The smallest absolute Gasteiger partial charge is 0.152 e. The second kappa shape index (κ2) is 2.87. The first-order chi connectivity index (χ1) is 5.83. The first kappa shape index (κ1) is 7.75. The highest BCUT2D eigenvalue weighted by atomic mass is 16.1. The lowest BCUT2D eigenvalue weighted by Gasteiger charge is -2.26. The fraction of sp³-hybridized carbons (Fsp3) is 0.778. The van der Waals surface area contributed by atoms with Crippen LogP contribution in [0.25, 0.3) is 0 Å². The molecule has 2 fully saturated rings. The zero-order chi connectivity index (χ0) is 8.55. The van der Waals surface area contributed by atoms with Crippen LogP contribution in [-0.2, 0) is 4.79 Å². The lowest BCUT2D eigenvalue weighted by Crippen LogP contribution is -2.47. The normalized spacial score (nSPS) is 36.1. The van der Waals surface area contributed by atoms with E-state index in [1.807, 2.05) is 0 Å². The Hall–Kier alpha value is -0.880. The van der Waals surface area contributed by atoms with Gasteiger partial charge in [-0.2, -0.15) is 5.26 Å². The maximum atomic E-state index is 11.3. The number of Topliss-reactive ketones (excluding diaryl/α,β-unsaturated/α-hetero) is 1. The minimum atomic E-state index is -0.369. The van der Waals surface area contributed by atoms with Crippen molar-refractivity contribution in [3.8, 4) is 6.07 Å². The van der Waals surface area contributed by atoms with Crippen LogP contribution in [0, 0.1) is 23.2 Å². The van der Waals surface area contributed by atoms with E-state index in [1.165, 1.54) is 12.8 Å². The summed E-state index contributed by atoms with van der Waals surface area (Å²) < 4.78 is 0. The second-order valence-electron chi connectivity index (χ2n) is 3.64. The van der Waals surface area contributed by atoms with Crippen LogP contribution in [0.4, 0.5) is 0 Å². The van der Waals surface area contributed by atoms with Crippen LogP contribution in [-0.4, -0.2) is 18.4 Å². The van der Waals surface area contributed by atoms with Gasteiger partial charge in [-0.15, -0.1) is 0 Å². The molecule has 3 nitrogen and oxygen atoms in total. The van der Waals surface area contributed by atoms with E-state index in [9.17, 15) is 4.79 Å². The van der Waals surface area contributed by atoms with Crippen molar-refractivity contribution >= 4 is 5.78 Å². The van der Waals surface area contributed by atoms with Gasteiger partial charge in [-0.3, -0.25) is 4.79 Å². The van der Waals surface area contributed by atoms with Crippen LogP contribution in [0.1, 0.15) is 19.3 Å². The number of hydrogen-bond acceptors (Lipinski definition) is 3. The monoisotopic (exact) mass is 164 g/mol. The minimum absolute atomic E-state index is 0.133. The first-order valence-electron chi connectivity index (χ1n) is 4.48. The highest BCUT2D eigenvalue weighted by Crippen LogP contribution is 2.37. The summed E-state index contributed by atoms with van der Waals surface area (Å²) in [5.74, 6) is 0.360. The molecular weight excluding hydrogens is 152 g/mol. The Kier molecular flexibility index (Phi) is 1.86. The molecule has 3 heteroatoms. The van der Waals surface area contributed by atoms with Crippen molar-refractivity contribution in [3.63, 3.8) is 0 Å². The van der Waals surface area contributed by atoms with Crippen molar-refractivity contribution in [2.75, 3.05) is 6.54 Å². The maximum absolute atomic E-state index is 11.3. The summed E-state index contributed by atoms with van der Waals surface area (Å²) in [6, 6.07) is 2.28. The fourth-order valence-electron chi connectivity index (χ4n) is 1.88. The van der Waals surface area contributed by atoms with Crippen LogP contribution in [0.3, 0.4) is 0 Å². The zero-order valence-electron chi connectivity index (χ0n) is 6.92. The number of carbonyl (C=O) groups excluding carboxylic acids is 1. The van der Waals surface area contributed by atoms with Gasteiger partial charge in [0.25, 0.3) is 0 Å². The summed E-state index contributed by atoms with van der Waals surface area (Å²) in [7, 11) is 0. The topological polar surface area (TPSA) is 52.9 Å². The van der Waals surface area contributed by atoms with Crippen molar-refractivity contribution in [1.82, 2.24) is 5.32 Å². The molecule has 2 rings (SSSR count). The molecule has 1 unspecified atom stereocenters. The number of piperidine rings is 1. The summed E-state index contributed by atoms with van der Waals surface area (Å²) in [6.45, 7) is 0.762.